The summed E-state index contributed by atoms with van der Waals surface area (Å²) < 4.78 is 11.6. The minimum atomic E-state index is -0.492. The molecule has 5 heteroatoms. The Labute approximate surface area is 139 Å². The van der Waals surface area contributed by atoms with Gasteiger partial charge in [-0.15, -0.1) is 11.3 Å². The molecule has 1 aromatic carbocycles. The number of benzene rings is 1. The first-order valence-corrected chi connectivity index (χ1v) is 8.69. The highest BCUT2D eigenvalue weighted by Gasteiger charge is 2.42. The molecule has 23 heavy (non-hydrogen) atoms. The number of nitrogens with two attached hydrogens (primary N) is 1. The summed E-state index contributed by atoms with van der Waals surface area (Å²) in [7, 11) is 0. The number of carbonyl (C=O) groups is 1. The summed E-state index contributed by atoms with van der Waals surface area (Å²) in [5.41, 5.74) is 9.79. The Bertz CT molecular complexity index is 757. The summed E-state index contributed by atoms with van der Waals surface area (Å²) in [4.78, 5) is 14.0. The van der Waals surface area contributed by atoms with Gasteiger partial charge in [0.25, 0.3) is 0 Å². The van der Waals surface area contributed by atoms with Crippen LogP contribution in [0.1, 0.15) is 38.3 Å². The van der Waals surface area contributed by atoms with E-state index in [1.54, 1.807) is 0 Å². The molecule has 4 nitrogen and oxygen atoms in total. The van der Waals surface area contributed by atoms with E-state index in [1.165, 1.54) is 11.3 Å². The van der Waals surface area contributed by atoms with Crippen LogP contribution in [0.25, 0.3) is 0 Å². The molecule has 1 saturated heterocycles. The molecule has 0 saturated carbocycles. The van der Waals surface area contributed by atoms with Crippen LogP contribution >= 0.6 is 11.3 Å². The van der Waals surface area contributed by atoms with Gasteiger partial charge >= 0.3 is 0 Å². The van der Waals surface area contributed by atoms with Gasteiger partial charge in [-0.05, 0) is 18.9 Å². The monoisotopic (exact) mass is 329 g/mol. The minimum Gasteiger partial charge on any atom is -0.390 e. The SMILES string of the molecule is Cc1ccc(C(=O)c2c(N)sc3c2CCC2(C3)OCCO2)cc1. The molecular weight excluding hydrogens is 310 g/mol. The van der Waals surface area contributed by atoms with Gasteiger partial charge in [0.1, 0.15) is 0 Å². The standard InChI is InChI=1S/C18H19NO3S/c1-11-2-4-12(5-3-11)16(20)15-13-6-7-18(21-8-9-22-18)10-14(13)23-17(15)19/h2-5H,6-10,19H2,1H3. The van der Waals surface area contributed by atoms with E-state index in [1.807, 2.05) is 31.2 Å². The number of fused-ring (bicyclic) bond motifs is 1. The number of hydrogen-bond acceptors (Lipinski definition) is 5. The third-order valence-corrected chi connectivity index (χ3v) is 5.72. The Morgan fingerprint density at radius 3 is 2.61 bits per heavy atom. The van der Waals surface area contributed by atoms with Crippen molar-refractivity contribution >= 4 is 22.1 Å². The van der Waals surface area contributed by atoms with Crippen LogP contribution in [0.5, 0.6) is 0 Å². The zero-order valence-electron chi connectivity index (χ0n) is 13.1. The predicted octanol–water partition coefficient (Wildman–Crippen LogP) is 3.10. The van der Waals surface area contributed by atoms with Gasteiger partial charge in [0.15, 0.2) is 11.6 Å². The van der Waals surface area contributed by atoms with Crippen molar-refractivity contribution in [3.8, 4) is 0 Å². The lowest BCUT2D eigenvalue weighted by molar-refractivity contribution is -0.163. The topological polar surface area (TPSA) is 61.6 Å². The third kappa shape index (κ3) is 2.49. The molecule has 0 unspecified atom stereocenters. The summed E-state index contributed by atoms with van der Waals surface area (Å²) in [6.07, 6.45) is 2.25. The number of hydrogen-bond donors (Lipinski definition) is 1. The number of ketones is 1. The number of nitrogen functional groups attached to an aromatic ring is 1. The molecule has 2 aliphatic rings. The Morgan fingerprint density at radius 1 is 1.22 bits per heavy atom. The van der Waals surface area contributed by atoms with Crippen molar-refractivity contribution in [1.82, 2.24) is 0 Å². The first-order valence-electron chi connectivity index (χ1n) is 7.87. The van der Waals surface area contributed by atoms with Crippen LogP contribution in [-0.4, -0.2) is 24.8 Å². The van der Waals surface area contributed by atoms with Crippen molar-refractivity contribution in [3.63, 3.8) is 0 Å². The molecule has 1 aliphatic carbocycles. The number of anilines is 1. The summed E-state index contributed by atoms with van der Waals surface area (Å²) >= 11 is 1.50. The maximum Gasteiger partial charge on any atom is 0.196 e. The molecule has 1 aromatic heterocycles. The summed E-state index contributed by atoms with van der Waals surface area (Å²) in [6.45, 7) is 3.30. The van der Waals surface area contributed by atoms with Gasteiger partial charge in [-0.25, -0.2) is 0 Å². The molecule has 0 bridgehead atoms. The molecule has 2 aromatic rings. The number of thiophene rings is 1. The number of rotatable bonds is 2. The zero-order chi connectivity index (χ0) is 16.0. The molecule has 0 amide bonds. The predicted molar refractivity (Wildman–Crippen MR) is 90.0 cm³/mol. The van der Waals surface area contributed by atoms with E-state index >= 15 is 0 Å². The molecule has 2 heterocycles. The third-order valence-electron chi connectivity index (χ3n) is 4.66. The molecule has 4 rings (SSSR count). The van der Waals surface area contributed by atoms with Crippen molar-refractivity contribution in [2.75, 3.05) is 18.9 Å². The fourth-order valence-corrected chi connectivity index (χ4v) is 4.63. The van der Waals surface area contributed by atoms with Gasteiger partial charge in [0.2, 0.25) is 0 Å². The van der Waals surface area contributed by atoms with E-state index < -0.39 is 5.79 Å². The van der Waals surface area contributed by atoms with Crippen LogP contribution in [-0.2, 0) is 22.3 Å². The first-order chi connectivity index (χ1) is 11.1. The molecule has 0 radical (unpaired) electrons. The highest BCUT2D eigenvalue weighted by molar-refractivity contribution is 7.16. The average Bonchev–Trinajstić information content (AvgIpc) is 3.11. The van der Waals surface area contributed by atoms with Crippen LogP contribution in [0.4, 0.5) is 5.00 Å². The fraction of sp³-hybridized carbons (Fsp3) is 0.389. The van der Waals surface area contributed by atoms with Gasteiger partial charge in [0.05, 0.1) is 23.8 Å². The van der Waals surface area contributed by atoms with Crippen LogP contribution in [0.3, 0.4) is 0 Å². The number of ether oxygens (including phenoxy) is 2. The normalized spacial score (nSPS) is 19.0. The number of carbonyl (C=O) groups excluding carboxylic acids is 1. The van der Waals surface area contributed by atoms with Gasteiger partial charge in [-0.2, -0.15) is 0 Å². The van der Waals surface area contributed by atoms with E-state index in [4.69, 9.17) is 15.2 Å². The zero-order valence-corrected chi connectivity index (χ0v) is 13.9. The largest absolute Gasteiger partial charge is 0.390 e. The Hall–Kier alpha value is -1.69. The lowest BCUT2D eigenvalue weighted by Crippen LogP contribution is -2.36. The van der Waals surface area contributed by atoms with E-state index in [-0.39, 0.29) is 5.78 Å². The molecule has 120 valence electrons. The van der Waals surface area contributed by atoms with Crippen LogP contribution in [0.15, 0.2) is 24.3 Å². The van der Waals surface area contributed by atoms with E-state index in [9.17, 15) is 4.79 Å². The highest BCUT2D eigenvalue weighted by atomic mass is 32.1. The summed E-state index contributed by atoms with van der Waals surface area (Å²) in [5.74, 6) is -0.474. The van der Waals surface area contributed by atoms with Crippen LogP contribution in [0, 0.1) is 6.92 Å². The molecule has 2 N–H and O–H groups in total. The smallest absolute Gasteiger partial charge is 0.196 e. The Kier molecular flexibility index (Phi) is 3.52. The molecule has 1 spiro atoms. The van der Waals surface area contributed by atoms with Crippen LogP contribution < -0.4 is 5.73 Å². The van der Waals surface area contributed by atoms with E-state index in [0.717, 1.165) is 28.8 Å². The van der Waals surface area contributed by atoms with Crippen molar-refractivity contribution in [3.05, 3.63) is 51.4 Å². The minimum absolute atomic E-state index is 0.0178. The second-order valence-electron chi connectivity index (χ2n) is 6.22. The Balaban J connectivity index is 1.70. The summed E-state index contributed by atoms with van der Waals surface area (Å²) in [5, 5.41) is 0.607. The van der Waals surface area contributed by atoms with Crippen molar-refractivity contribution in [1.29, 1.82) is 0 Å². The lowest BCUT2D eigenvalue weighted by Gasteiger charge is -2.31. The first kappa shape index (κ1) is 14.9. The summed E-state index contributed by atoms with van der Waals surface area (Å²) in [6, 6.07) is 7.65. The maximum atomic E-state index is 12.9. The molecular formula is C18H19NO3S. The van der Waals surface area contributed by atoms with E-state index in [2.05, 4.69) is 0 Å². The lowest BCUT2D eigenvalue weighted by atomic mass is 9.88. The molecule has 1 fully saturated rings. The second kappa shape index (κ2) is 5.44. The highest BCUT2D eigenvalue weighted by Crippen LogP contribution is 2.43. The van der Waals surface area contributed by atoms with Gasteiger partial charge < -0.3 is 15.2 Å². The van der Waals surface area contributed by atoms with Gasteiger partial charge in [0, 0.05) is 23.3 Å². The van der Waals surface area contributed by atoms with Crippen molar-refractivity contribution < 1.29 is 14.3 Å². The van der Waals surface area contributed by atoms with Gasteiger partial charge in [-0.3, -0.25) is 4.79 Å². The fourth-order valence-electron chi connectivity index (χ4n) is 3.43. The van der Waals surface area contributed by atoms with Crippen LogP contribution in [0.2, 0.25) is 0 Å². The van der Waals surface area contributed by atoms with Crippen molar-refractivity contribution in [2.24, 2.45) is 0 Å². The maximum absolute atomic E-state index is 12.9. The Morgan fingerprint density at radius 2 is 1.91 bits per heavy atom. The molecule has 1 aliphatic heterocycles. The molecule has 0 atom stereocenters. The second-order valence-corrected chi connectivity index (χ2v) is 7.36. The number of aryl methyl sites for hydroxylation is 1. The van der Waals surface area contributed by atoms with Gasteiger partial charge in [-0.1, -0.05) is 29.8 Å². The average molecular weight is 329 g/mol. The van der Waals surface area contributed by atoms with Crippen molar-refractivity contribution in [2.45, 2.75) is 32.0 Å². The quantitative estimate of drug-likeness (QED) is 0.860. The van der Waals surface area contributed by atoms with E-state index in [0.29, 0.717) is 35.8 Å².